The Kier molecular flexibility index (Phi) is 7.96. The van der Waals surface area contributed by atoms with Gasteiger partial charge in [0, 0.05) is 31.1 Å². The van der Waals surface area contributed by atoms with E-state index in [9.17, 15) is 18.0 Å². The molecule has 0 saturated heterocycles. The second-order valence-electron chi connectivity index (χ2n) is 7.31. The van der Waals surface area contributed by atoms with Crippen molar-refractivity contribution in [2.45, 2.75) is 31.8 Å². The standard InChI is InChI=1S/C23H28N4O5S/c1-4-26(5-2)33(30,31)18-12-10-17(11-13-18)22(28)24-16-21-19-8-6-7-9-20(19)23(29)27(25-21)14-15-32-3/h6-13H,4-5,14-16H2,1-3H3,(H,24,28). The van der Waals surface area contributed by atoms with Gasteiger partial charge in [0.25, 0.3) is 11.5 Å². The van der Waals surface area contributed by atoms with E-state index in [1.165, 1.54) is 33.3 Å². The summed E-state index contributed by atoms with van der Waals surface area (Å²) in [5.74, 6) is -0.373. The van der Waals surface area contributed by atoms with Gasteiger partial charge in [-0.3, -0.25) is 9.59 Å². The molecule has 1 heterocycles. The number of ether oxygens (including phenoxy) is 1. The summed E-state index contributed by atoms with van der Waals surface area (Å²) in [6, 6.07) is 12.9. The SMILES string of the molecule is CCN(CC)S(=O)(=O)c1ccc(C(=O)NCc2nn(CCOC)c(=O)c3ccccc23)cc1. The summed E-state index contributed by atoms with van der Waals surface area (Å²) in [5, 5.41) is 8.40. The van der Waals surface area contributed by atoms with Crippen LogP contribution in [0, 0.1) is 0 Å². The third-order valence-corrected chi connectivity index (χ3v) is 7.39. The molecule has 10 heteroatoms. The maximum absolute atomic E-state index is 12.7. The highest BCUT2D eigenvalue weighted by Gasteiger charge is 2.21. The number of hydrogen-bond acceptors (Lipinski definition) is 6. The first kappa shape index (κ1) is 24.6. The van der Waals surface area contributed by atoms with E-state index in [0.717, 1.165) is 0 Å². The molecule has 0 radical (unpaired) electrons. The minimum Gasteiger partial charge on any atom is -0.383 e. The van der Waals surface area contributed by atoms with Gasteiger partial charge in [0.1, 0.15) is 0 Å². The van der Waals surface area contributed by atoms with E-state index in [1.54, 1.807) is 39.2 Å². The lowest BCUT2D eigenvalue weighted by molar-refractivity contribution is 0.0950. The average molecular weight is 473 g/mol. The Balaban J connectivity index is 1.81. The summed E-state index contributed by atoms with van der Waals surface area (Å²) in [4.78, 5) is 25.5. The highest BCUT2D eigenvalue weighted by molar-refractivity contribution is 7.89. The van der Waals surface area contributed by atoms with Crippen molar-refractivity contribution in [2.24, 2.45) is 0 Å². The fourth-order valence-electron chi connectivity index (χ4n) is 3.52. The molecule has 1 amide bonds. The molecule has 1 N–H and O–H groups in total. The van der Waals surface area contributed by atoms with Crippen LogP contribution in [-0.2, 0) is 27.8 Å². The normalized spacial score (nSPS) is 11.8. The van der Waals surface area contributed by atoms with Crippen LogP contribution in [0.1, 0.15) is 29.9 Å². The number of sulfonamides is 1. The molecular formula is C23H28N4O5S. The topological polar surface area (TPSA) is 111 Å². The number of aromatic nitrogens is 2. The maximum Gasteiger partial charge on any atom is 0.274 e. The van der Waals surface area contributed by atoms with Gasteiger partial charge >= 0.3 is 0 Å². The minimum atomic E-state index is -3.59. The lowest BCUT2D eigenvalue weighted by atomic mass is 10.1. The Morgan fingerprint density at radius 2 is 1.70 bits per heavy atom. The summed E-state index contributed by atoms with van der Waals surface area (Å²) in [6.45, 7) is 5.02. The van der Waals surface area contributed by atoms with Crippen molar-refractivity contribution in [1.29, 1.82) is 0 Å². The average Bonchev–Trinajstić information content (AvgIpc) is 2.83. The molecule has 1 aromatic heterocycles. The summed E-state index contributed by atoms with van der Waals surface area (Å²) < 4.78 is 33.0. The van der Waals surface area contributed by atoms with Crippen molar-refractivity contribution < 1.29 is 17.9 Å². The van der Waals surface area contributed by atoms with E-state index < -0.39 is 10.0 Å². The lowest BCUT2D eigenvalue weighted by Gasteiger charge is -2.18. The smallest absolute Gasteiger partial charge is 0.274 e. The Bertz CT molecular complexity index is 1280. The fraction of sp³-hybridized carbons (Fsp3) is 0.348. The van der Waals surface area contributed by atoms with Gasteiger partial charge in [0.05, 0.1) is 35.7 Å². The fourth-order valence-corrected chi connectivity index (χ4v) is 4.98. The van der Waals surface area contributed by atoms with Gasteiger partial charge in [0.2, 0.25) is 10.0 Å². The van der Waals surface area contributed by atoms with E-state index in [-0.39, 0.29) is 22.9 Å². The number of nitrogens with one attached hydrogen (secondary N) is 1. The molecule has 0 atom stereocenters. The Labute approximate surface area is 193 Å². The zero-order valence-electron chi connectivity index (χ0n) is 18.9. The van der Waals surface area contributed by atoms with E-state index in [0.29, 0.717) is 48.3 Å². The van der Waals surface area contributed by atoms with Crippen LogP contribution in [0.5, 0.6) is 0 Å². The number of carbonyl (C=O) groups is 1. The summed E-state index contributed by atoms with van der Waals surface area (Å²) in [5.41, 5.74) is 0.656. The van der Waals surface area contributed by atoms with E-state index in [1.807, 2.05) is 6.07 Å². The van der Waals surface area contributed by atoms with Crippen LogP contribution in [0.4, 0.5) is 0 Å². The zero-order chi connectivity index (χ0) is 24.0. The molecule has 0 saturated carbocycles. The summed E-state index contributed by atoms with van der Waals surface area (Å²) in [6.07, 6.45) is 0. The molecular weight excluding hydrogens is 444 g/mol. The van der Waals surface area contributed by atoms with Gasteiger partial charge in [-0.05, 0) is 30.3 Å². The number of methoxy groups -OCH3 is 1. The minimum absolute atomic E-state index is 0.103. The number of hydrogen-bond donors (Lipinski definition) is 1. The lowest BCUT2D eigenvalue weighted by Crippen LogP contribution is -2.31. The van der Waals surface area contributed by atoms with E-state index >= 15 is 0 Å². The Morgan fingerprint density at radius 1 is 1.06 bits per heavy atom. The first-order valence-corrected chi connectivity index (χ1v) is 12.1. The highest BCUT2D eigenvalue weighted by atomic mass is 32.2. The van der Waals surface area contributed by atoms with Crippen molar-refractivity contribution in [2.75, 3.05) is 26.8 Å². The monoisotopic (exact) mass is 472 g/mol. The number of carbonyl (C=O) groups excluding carboxylic acids is 1. The number of amides is 1. The molecule has 33 heavy (non-hydrogen) atoms. The molecule has 0 fully saturated rings. The summed E-state index contributed by atoms with van der Waals surface area (Å²) in [7, 11) is -2.04. The quantitative estimate of drug-likeness (QED) is 0.483. The number of benzene rings is 2. The Morgan fingerprint density at radius 3 is 2.30 bits per heavy atom. The largest absolute Gasteiger partial charge is 0.383 e. The second kappa shape index (κ2) is 10.7. The molecule has 3 aromatic rings. The predicted molar refractivity (Wildman–Crippen MR) is 126 cm³/mol. The molecule has 0 aliphatic rings. The van der Waals surface area contributed by atoms with Crippen LogP contribution in [-0.4, -0.2) is 55.2 Å². The number of rotatable bonds is 10. The number of fused-ring (bicyclic) bond motifs is 1. The van der Waals surface area contributed by atoms with Gasteiger partial charge in [-0.25, -0.2) is 13.1 Å². The van der Waals surface area contributed by atoms with Crippen LogP contribution in [0.2, 0.25) is 0 Å². The second-order valence-corrected chi connectivity index (χ2v) is 9.25. The van der Waals surface area contributed by atoms with Crippen LogP contribution in [0.3, 0.4) is 0 Å². The van der Waals surface area contributed by atoms with Crippen molar-refractivity contribution >= 4 is 26.7 Å². The first-order valence-electron chi connectivity index (χ1n) is 10.7. The van der Waals surface area contributed by atoms with Gasteiger partial charge in [-0.1, -0.05) is 32.0 Å². The van der Waals surface area contributed by atoms with Crippen molar-refractivity contribution in [1.82, 2.24) is 19.4 Å². The third kappa shape index (κ3) is 5.29. The van der Waals surface area contributed by atoms with Crippen molar-refractivity contribution in [3.8, 4) is 0 Å². The molecule has 0 aliphatic heterocycles. The van der Waals surface area contributed by atoms with E-state index in [2.05, 4.69) is 10.4 Å². The molecule has 9 nitrogen and oxygen atoms in total. The molecule has 2 aromatic carbocycles. The van der Waals surface area contributed by atoms with Crippen LogP contribution in [0.15, 0.2) is 58.2 Å². The molecule has 0 spiro atoms. The third-order valence-electron chi connectivity index (χ3n) is 5.33. The maximum atomic E-state index is 12.7. The number of nitrogens with zero attached hydrogens (tertiary/aromatic N) is 3. The zero-order valence-corrected chi connectivity index (χ0v) is 19.8. The van der Waals surface area contributed by atoms with Crippen LogP contribution in [0.25, 0.3) is 10.8 Å². The van der Waals surface area contributed by atoms with E-state index in [4.69, 9.17) is 4.74 Å². The molecule has 176 valence electrons. The Hall–Kier alpha value is -3.08. The molecule has 3 rings (SSSR count). The predicted octanol–water partition coefficient (Wildman–Crippen LogP) is 2.00. The summed E-state index contributed by atoms with van der Waals surface area (Å²) >= 11 is 0. The van der Waals surface area contributed by atoms with Gasteiger partial charge < -0.3 is 10.1 Å². The molecule has 0 bridgehead atoms. The molecule has 0 unspecified atom stereocenters. The van der Waals surface area contributed by atoms with Gasteiger partial charge in [-0.15, -0.1) is 0 Å². The highest BCUT2D eigenvalue weighted by Crippen LogP contribution is 2.17. The van der Waals surface area contributed by atoms with Gasteiger partial charge in [0.15, 0.2) is 0 Å². The van der Waals surface area contributed by atoms with Crippen LogP contribution >= 0.6 is 0 Å². The van der Waals surface area contributed by atoms with Gasteiger partial charge in [-0.2, -0.15) is 9.40 Å². The van der Waals surface area contributed by atoms with Crippen LogP contribution < -0.4 is 10.9 Å². The molecule has 0 aliphatic carbocycles. The first-order chi connectivity index (χ1) is 15.8. The van der Waals surface area contributed by atoms with Crippen molar-refractivity contribution in [3.05, 3.63) is 70.1 Å². The van der Waals surface area contributed by atoms with Crippen molar-refractivity contribution in [3.63, 3.8) is 0 Å².